The highest BCUT2D eigenvalue weighted by atomic mass is 35.5. The Hall–Kier alpha value is -1.10. The molecule has 0 spiro atoms. The minimum atomic E-state index is -1.00. The van der Waals surface area contributed by atoms with Crippen LogP contribution in [0, 0.1) is 5.92 Å². The standard InChI is InChI=1S/C12H19ClO5/c1-7(14)10(18-8(2)15)5-9(6-11(16)17)12(3,4)13/h9-10H,5-6H2,1-4H3,(H,16,17)/t9-,10+/m0/s1. The van der Waals surface area contributed by atoms with Crippen LogP contribution in [0.25, 0.3) is 0 Å². The molecule has 5 nitrogen and oxygen atoms in total. The molecule has 0 radical (unpaired) electrons. The van der Waals surface area contributed by atoms with Crippen LogP contribution in [0.15, 0.2) is 0 Å². The lowest BCUT2D eigenvalue weighted by Crippen LogP contribution is -2.35. The quantitative estimate of drug-likeness (QED) is 0.569. The van der Waals surface area contributed by atoms with Crippen LogP contribution in [0.5, 0.6) is 0 Å². The second-order valence-electron chi connectivity index (χ2n) is 4.80. The lowest BCUT2D eigenvalue weighted by molar-refractivity contribution is -0.153. The number of hydrogen-bond acceptors (Lipinski definition) is 4. The molecule has 0 bridgehead atoms. The Morgan fingerprint density at radius 2 is 1.78 bits per heavy atom. The SMILES string of the molecule is CC(=O)O[C@H](C[C@@H](CC(=O)O)C(C)(C)Cl)C(C)=O. The van der Waals surface area contributed by atoms with E-state index in [9.17, 15) is 14.4 Å². The zero-order valence-electron chi connectivity index (χ0n) is 11.0. The molecule has 0 aliphatic rings. The summed E-state index contributed by atoms with van der Waals surface area (Å²) in [6.45, 7) is 5.85. The van der Waals surface area contributed by atoms with Crippen LogP contribution in [0.3, 0.4) is 0 Å². The maximum Gasteiger partial charge on any atom is 0.303 e. The molecule has 0 aliphatic carbocycles. The van der Waals surface area contributed by atoms with E-state index in [4.69, 9.17) is 21.4 Å². The third-order valence-corrected chi connectivity index (χ3v) is 2.96. The number of carbonyl (C=O) groups is 3. The highest BCUT2D eigenvalue weighted by molar-refractivity contribution is 6.23. The number of alkyl halides is 1. The molecule has 0 aromatic carbocycles. The second-order valence-corrected chi connectivity index (χ2v) is 5.78. The van der Waals surface area contributed by atoms with Crippen molar-refractivity contribution in [3.63, 3.8) is 0 Å². The van der Waals surface area contributed by atoms with Gasteiger partial charge in [-0.3, -0.25) is 14.4 Å². The van der Waals surface area contributed by atoms with Gasteiger partial charge in [-0.2, -0.15) is 0 Å². The van der Waals surface area contributed by atoms with Crippen LogP contribution in [0.1, 0.15) is 40.5 Å². The van der Waals surface area contributed by atoms with Gasteiger partial charge < -0.3 is 9.84 Å². The zero-order chi connectivity index (χ0) is 14.5. The van der Waals surface area contributed by atoms with Gasteiger partial charge in [-0.05, 0) is 33.1 Å². The highest BCUT2D eigenvalue weighted by Crippen LogP contribution is 2.32. The Bertz CT molecular complexity index is 332. The van der Waals surface area contributed by atoms with E-state index in [2.05, 4.69) is 0 Å². The van der Waals surface area contributed by atoms with Crippen molar-refractivity contribution in [1.29, 1.82) is 0 Å². The average Bonchev–Trinajstić information content (AvgIpc) is 2.12. The molecule has 0 aromatic rings. The summed E-state index contributed by atoms with van der Waals surface area (Å²) in [6.07, 6.45) is -1.01. The maximum absolute atomic E-state index is 11.4. The van der Waals surface area contributed by atoms with Gasteiger partial charge in [-0.1, -0.05) is 0 Å². The molecule has 6 heteroatoms. The van der Waals surface area contributed by atoms with Gasteiger partial charge in [0.25, 0.3) is 0 Å². The van der Waals surface area contributed by atoms with E-state index in [1.807, 2.05) is 0 Å². The summed E-state index contributed by atoms with van der Waals surface area (Å²) >= 11 is 6.11. The van der Waals surface area contributed by atoms with Crippen molar-refractivity contribution >= 4 is 29.3 Å². The van der Waals surface area contributed by atoms with Gasteiger partial charge in [0.05, 0.1) is 0 Å². The predicted molar refractivity (Wildman–Crippen MR) is 66.5 cm³/mol. The number of hydrogen-bond donors (Lipinski definition) is 1. The smallest absolute Gasteiger partial charge is 0.303 e. The van der Waals surface area contributed by atoms with E-state index in [0.29, 0.717) is 0 Å². The van der Waals surface area contributed by atoms with E-state index in [-0.39, 0.29) is 18.6 Å². The molecule has 0 saturated carbocycles. The van der Waals surface area contributed by atoms with Crippen LogP contribution in [0.4, 0.5) is 0 Å². The van der Waals surface area contributed by atoms with Crippen molar-refractivity contribution in [2.45, 2.75) is 51.5 Å². The number of ether oxygens (including phenoxy) is 1. The van der Waals surface area contributed by atoms with E-state index >= 15 is 0 Å². The molecular weight excluding hydrogens is 260 g/mol. The summed E-state index contributed by atoms with van der Waals surface area (Å²) < 4.78 is 4.88. The molecule has 0 unspecified atom stereocenters. The average molecular weight is 279 g/mol. The minimum Gasteiger partial charge on any atom is -0.481 e. The van der Waals surface area contributed by atoms with Crippen molar-refractivity contribution in [1.82, 2.24) is 0 Å². The molecule has 0 fully saturated rings. The fourth-order valence-corrected chi connectivity index (χ4v) is 1.74. The van der Waals surface area contributed by atoms with Gasteiger partial charge in [0.1, 0.15) is 0 Å². The van der Waals surface area contributed by atoms with Gasteiger partial charge >= 0.3 is 11.9 Å². The van der Waals surface area contributed by atoms with E-state index in [1.165, 1.54) is 13.8 Å². The molecule has 0 aliphatic heterocycles. The molecule has 104 valence electrons. The van der Waals surface area contributed by atoms with Crippen LogP contribution < -0.4 is 0 Å². The number of esters is 1. The maximum atomic E-state index is 11.4. The van der Waals surface area contributed by atoms with Crippen LogP contribution in [-0.4, -0.2) is 33.8 Å². The highest BCUT2D eigenvalue weighted by Gasteiger charge is 2.33. The molecular formula is C12H19ClO5. The number of carboxylic acid groups (broad SMARTS) is 1. The zero-order valence-corrected chi connectivity index (χ0v) is 11.8. The topological polar surface area (TPSA) is 80.7 Å². The van der Waals surface area contributed by atoms with Crippen molar-refractivity contribution < 1.29 is 24.2 Å². The third-order valence-electron chi connectivity index (χ3n) is 2.65. The van der Waals surface area contributed by atoms with Gasteiger partial charge in [-0.15, -0.1) is 11.6 Å². The first-order chi connectivity index (χ1) is 8.04. The molecule has 1 N–H and O–H groups in total. The fraction of sp³-hybridized carbons (Fsp3) is 0.750. The number of ketones is 1. The van der Waals surface area contributed by atoms with Crippen molar-refractivity contribution in [3.8, 4) is 0 Å². The summed E-state index contributed by atoms with van der Waals surface area (Å²) in [4.78, 5) is 32.2. The van der Waals surface area contributed by atoms with Crippen molar-refractivity contribution in [2.75, 3.05) is 0 Å². The van der Waals surface area contributed by atoms with Gasteiger partial charge in [0, 0.05) is 18.2 Å². The van der Waals surface area contributed by atoms with Crippen LogP contribution in [0.2, 0.25) is 0 Å². The lowest BCUT2D eigenvalue weighted by atomic mass is 9.86. The van der Waals surface area contributed by atoms with Gasteiger partial charge in [-0.25, -0.2) is 0 Å². The van der Waals surface area contributed by atoms with Crippen molar-refractivity contribution in [2.24, 2.45) is 5.92 Å². The predicted octanol–water partition coefficient (Wildman–Crippen LogP) is 2.01. The molecule has 0 heterocycles. The molecule has 2 atom stereocenters. The number of rotatable bonds is 7. The first-order valence-electron chi connectivity index (χ1n) is 5.62. The monoisotopic (exact) mass is 278 g/mol. The Balaban J connectivity index is 4.86. The number of carboxylic acids is 1. The van der Waals surface area contributed by atoms with E-state index in [1.54, 1.807) is 13.8 Å². The largest absolute Gasteiger partial charge is 0.481 e. The fourth-order valence-electron chi connectivity index (χ4n) is 1.57. The number of Topliss-reactive ketones (excluding diaryl/α,β-unsaturated/α-hetero) is 1. The third kappa shape index (κ3) is 6.59. The number of carbonyl (C=O) groups excluding carboxylic acids is 2. The number of aliphatic carboxylic acids is 1. The lowest BCUT2D eigenvalue weighted by Gasteiger charge is -2.29. The summed E-state index contributed by atoms with van der Waals surface area (Å²) in [6, 6.07) is 0. The summed E-state index contributed by atoms with van der Waals surface area (Å²) in [5.41, 5.74) is 0. The van der Waals surface area contributed by atoms with Crippen LogP contribution >= 0.6 is 11.6 Å². The Labute approximate surface area is 111 Å². The first kappa shape index (κ1) is 16.9. The van der Waals surface area contributed by atoms with Gasteiger partial charge in [0.15, 0.2) is 11.9 Å². The normalized spacial score (nSPS) is 14.7. The summed E-state index contributed by atoms with van der Waals surface area (Å²) in [5.74, 6) is -2.36. The van der Waals surface area contributed by atoms with Crippen molar-refractivity contribution in [3.05, 3.63) is 0 Å². The molecule has 0 saturated heterocycles. The second kappa shape index (κ2) is 6.73. The summed E-state index contributed by atoms with van der Waals surface area (Å²) in [5, 5.41) is 8.83. The Morgan fingerprint density at radius 1 is 1.28 bits per heavy atom. The molecule has 18 heavy (non-hydrogen) atoms. The first-order valence-corrected chi connectivity index (χ1v) is 6.00. The van der Waals surface area contributed by atoms with E-state index < -0.39 is 28.8 Å². The molecule has 0 aromatic heterocycles. The van der Waals surface area contributed by atoms with Crippen LogP contribution in [-0.2, 0) is 19.1 Å². The summed E-state index contributed by atoms with van der Waals surface area (Å²) in [7, 11) is 0. The molecule has 0 rings (SSSR count). The Morgan fingerprint density at radius 3 is 2.06 bits per heavy atom. The minimum absolute atomic E-state index is 0.109. The Kier molecular flexibility index (Phi) is 6.32. The van der Waals surface area contributed by atoms with Gasteiger partial charge in [0.2, 0.25) is 0 Å². The number of halogens is 1. The van der Waals surface area contributed by atoms with E-state index in [0.717, 1.165) is 0 Å². The molecule has 0 amide bonds.